The van der Waals surface area contributed by atoms with E-state index in [1.54, 1.807) is 20.0 Å². The molecule has 0 saturated heterocycles. The number of aliphatic hydroxyl groups is 1. The summed E-state index contributed by atoms with van der Waals surface area (Å²) in [6, 6.07) is 1.91. The first-order valence-corrected chi connectivity index (χ1v) is 5.17. The summed E-state index contributed by atoms with van der Waals surface area (Å²) in [7, 11) is 0. The van der Waals surface area contributed by atoms with Gasteiger partial charge in [0.05, 0.1) is 11.7 Å². The molecule has 1 N–H and O–H groups in total. The second-order valence-corrected chi connectivity index (χ2v) is 4.57. The number of pyridine rings is 1. The molecule has 3 heteroatoms. The lowest BCUT2D eigenvalue weighted by atomic mass is 9.99. The fourth-order valence-electron chi connectivity index (χ4n) is 1.24. The molecular formula is C12H19NO2. The predicted octanol–water partition coefficient (Wildman–Crippen LogP) is 2.40. The van der Waals surface area contributed by atoms with Gasteiger partial charge in [0.1, 0.15) is 0 Å². The van der Waals surface area contributed by atoms with Gasteiger partial charge < -0.3 is 9.84 Å². The van der Waals surface area contributed by atoms with Crippen LogP contribution in [0.5, 0.6) is 5.88 Å². The lowest BCUT2D eigenvalue weighted by Crippen LogP contribution is -2.17. The van der Waals surface area contributed by atoms with Crippen LogP contribution >= 0.6 is 0 Å². The Balaban J connectivity index is 2.98. The van der Waals surface area contributed by atoms with Crippen molar-refractivity contribution in [1.82, 2.24) is 4.98 Å². The van der Waals surface area contributed by atoms with E-state index in [2.05, 4.69) is 4.98 Å². The molecule has 0 atom stereocenters. The van der Waals surface area contributed by atoms with Crippen molar-refractivity contribution in [3.8, 4) is 5.88 Å². The maximum atomic E-state index is 9.81. The van der Waals surface area contributed by atoms with E-state index in [-0.39, 0.29) is 6.10 Å². The first-order valence-electron chi connectivity index (χ1n) is 5.17. The third-order valence-electron chi connectivity index (χ3n) is 2.08. The van der Waals surface area contributed by atoms with Crippen LogP contribution in [0.3, 0.4) is 0 Å². The number of hydrogen-bond donors (Lipinski definition) is 1. The Morgan fingerprint density at radius 2 is 2.00 bits per heavy atom. The summed E-state index contributed by atoms with van der Waals surface area (Å²) in [6.45, 7) is 9.34. The fraction of sp³-hybridized carbons (Fsp3) is 0.583. The van der Waals surface area contributed by atoms with Gasteiger partial charge in [-0.05, 0) is 40.7 Å². The number of nitrogens with zero attached hydrogens (tertiary/aromatic N) is 1. The minimum atomic E-state index is -0.853. The molecule has 0 fully saturated rings. The molecule has 0 radical (unpaired) electrons. The number of rotatable bonds is 3. The van der Waals surface area contributed by atoms with Crippen LogP contribution in [0.4, 0.5) is 0 Å². The van der Waals surface area contributed by atoms with Gasteiger partial charge in [-0.3, -0.25) is 0 Å². The smallest absolute Gasteiger partial charge is 0.216 e. The summed E-state index contributed by atoms with van der Waals surface area (Å²) >= 11 is 0. The first kappa shape index (κ1) is 12.0. The van der Waals surface area contributed by atoms with Gasteiger partial charge in [-0.25, -0.2) is 4.98 Å². The van der Waals surface area contributed by atoms with Crippen molar-refractivity contribution in [3.05, 3.63) is 23.4 Å². The van der Waals surface area contributed by atoms with Crippen molar-refractivity contribution in [2.24, 2.45) is 0 Å². The van der Waals surface area contributed by atoms with Crippen LogP contribution in [-0.2, 0) is 5.60 Å². The van der Waals surface area contributed by atoms with Crippen molar-refractivity contribution in [2.75, 3.05) is 0 Å². The van der Waals surface area contributed by atoms with Gasteiger partial charge in [-0.15, -0.1) is 0 Å². The Labute approximate surface area is 91.1 Å². The third-order valence-corrected chi connectivity index (χ3v) is 2.08. The second kappa shape index (κ2) is 4.19. The molecule has 84 valence electrons. The summed E-state index contributed by atoms with van der Waals surface area (Å²) in [4.78, 5) is 4.20. The lowest BCUT2D eigenvalue weighted by Gasteiger charge is -2.19. The molecule has 1 aromatic heterocycles. The summed E-state index contributed by atoms with van der Waals surface area (Å²) in [5.41, 5.74) is 0.896. The van der Waals surface area contributed by atoms with Crippen LogP contribution in [0.1, 0.15) is 38.8 Å². The Kier molecular flexibility index (Phi) is 3.35. The Morgan fingerprint density at radius 1 is 1.40 bits per heavy atom. The van der Waals surface area contributed by atoms with E-state index in [1.165, 1.54) is 0 Å². The second-order valence-electron chi connectivity index (χ2n) is 4.57. The number of hydrogen-bond acceptors (Lipinski definition) is 3. The molecule has 3 nitrogen and oxygen atoms in total. The molecule has 0 saturated carbocycles. The molecule has 0 spiro atoms. The van der Waals surface area contributed by atoms with Crippen molar-refractivity contribution >= 4 is 0 Å². The van der Waals surface area contributed by atoms with Crippen molar-refractivity contribution in [2.45, 2.75) is 46.3 Å². The third kappa shape index (κ3) is 3.20. The fourth-order valence-corrected chi connectivity index (χ4v) is 1.24. The van der Waals surface area contributed by atoms with E-state index in [0.717, 1.165) is 11.1 Å². The van der Waals surface area contributed by atoms with E-state index < -0.39 is 5.60 Å². The Hall–Kier alpha value is -1.09. The summed E-state index contributed by atoms with van der Waals surface area (Å²) in [5, 5.41) is 9.81. The van der Waals surface area contributed by atoms with Crippen LogP contribution in [0, 0.1) is 6.92 Å². The topological polar surface area (TPSA) is 42.4 Å². The highest BCUT2D eigenvalue weighted by atomic mass is 16.5. The highest BCUT2D eigenvalue weighted by Gasteiger charge is 2.17. The molecule has 0 unspecified atom stereocenters. The maximum Gasteiger partial charge on any atom is 0.216 e. The zero-order valence-electron chi connectivity index (χ0n) is 10.0. The van der Waals surface area contributed by atoms with E-state index in [1.807, 2.05) is 26.8 Å². The summed E-state index contributed by atoms with van der Waals surface area (Å²) in [5.74, 6) is 0.637. The van der Waals surface area contributed by atoms with Gasteiger partial charge in [0.15, 0.2) is 0 Å². The van der Waals surface area contributed by atoms with Crippen LogP contribution in [0.2, 0.25) is 0 Å². The Morgan fingerprint density at radius 3 is 2.40 bits per heavy atom. The van der Waals surface area contributed by atoms with Crippen LogP contribution in [-0.4, -0.2) is 16.2 Å². The van der Waals surface area contributed by atoms with Crippen molar-refractivity contribution < 1.29 is 9.84 Å². The van der Waals surface area contributed by atoms with Crippen LogP contribution < -0.4 is 4.74 Å². The number of ether oxygens (including phenoxy) is 1. The van der Waals surface area contributed by atoms with E-state index >= 15 is 0 Å². The van der Waals surface area contributed by atoms with Gasteiger partial charge >= 0.3 is 0 Å². The average molecular weight is 209 g/mol. The highest BCUT2D eigenvalue weighted by Crippen LogP contribution is 2.24. The summed E-state index contributed by atoms with van der Waals surface area (Å²) in [6.07, 6.45) is 1.77. The first-order chi connectivity index (χ1) is 6.80. The van der Waals surface area contributed by atoms with Gasteiger partial charge in [0, 0.05) is 17.3 Å². The molecule has 0 amide bonds. The van der Waals surface area contributed by atoms with Crippen LogP contribution in [0.15, 0.2) is 12.3 Å². The van der Waals surface area contributed by atoms with E-state index in [0.29, 0.717) is 5.88 Å². The van der Waals surface area contributed by atoms with Gasteiger partial charge in [-0.1, -0.05) is 0 Å². The molecule has 0 aliphatic heterocycles. The molecular weight excluding hydrogens is 190 g/mol. The molecule has 1 aromatic rings. The van der Waals surface area contributed by atoms with Crippen molar-refractivity contribution in [1.29, 1.82) is 0 Å². The maximum absolute atomic E-state index is 9.81. The lowest BCUT2D eigenvalue weighted by molar-refractivity contribution is 0.0779. The average Bonchev–Trinajstić information content (AvgIpc) is 2.05. The molecule has 0 aromatic carbocycles. The minimum absolute atomic E-state index is 0.115. The quantitative estimate of drug-likeness (QED) is 0.831. The molecule has 0 aliphatic rings. The normalized spacial score (nSPS) is 11.9. The van der Waals surface area contributed by atoms with Gasteiger partial charge in [0.25, 0.3) is 0 Å². The molecule has 0 aliphatic carbocycles. The van der Waals surface area contributed by atoms with E-state index in [4.69, 9.17) is 4.74 Å². The zero-order chi connectivity index (χ0) is 11.6. The number of aromatic nitrogens is 1. The molecule has 1 heterocycles. The van der Waals surface area contributed by atoms with Gasteiger partial charge in [0.2, 0.25) is 5.88 Å². The largest absolute Gasteiger partial charge is 0.475 e. The number of aryl methyl sites for hydroxylation is 1. The zero-order valence-corrected chi connectivity index (χ0v) is 10.0. The monoisotopic (exact) mass is 209 g/mol. The molecule has 0 bridgehead atoms. The van der Waals surface area contributed by atoms with E-state index in [9.17, 15) is 5.11 Å². The SMILES string of the molecule is Cc1cc(C(C)(C)O)cnc1OC(C)C. The minimum Gasteiger partial charge on any atom is -0.475 e. The molecule has 15 heavy (non-hydrogen) atoms. The molecule has 1 rings (SSSR count). The van der Waals surface area contributed by atoms with Crippen LogP contribution in [0.25, 0.3) is 0 Å². The summed E-state index contributed by atoms with van der Waals surface area (Å²) < 4.78 is 5.52. The standard InChI is InChI=1S/C12H19NO2/c1-8(2)15-11-9(3)6-10(7-13-11)12(4,5)14/h6-8,14H,1-5H3. The highest BCUT2D eigenvalue weighted by molar-refractivity contribution is 5.31. The predicted molar refractivity (Wildman–Crippen MR) is 60.0 cm³/mol. The van der Waals surface area contributed by atoms with Gasteiger partial charge in [-0.2, -0.15) is 0 Å². The van der Waals surface area contributed by atoms with Crippen molar-refractivity contribution in [3.63, 3.8) is 0 Å². The Bertz CT molecular complexity index is 340.